The first-order chi connectivity index (χ1) is 8.56. The van der Waals surface area contributed by atoms with Crippen LogP contribution in [0.4, 0.5) is 0 Å². The van der Waals surface area contributed by atoms with Crippen LogP contribution in [0.25, 0.3) is 0 Å². The van der Waals surface area contributed by atoms with E-state index in [0.717, 1.165) is 19.0 Å². The van der Waals surface area contributed by atoms with Crippen molar-refractivity contribution in [2.75, 3.05) is 19.6 Å². The topological polar surface area (TPSA) is 21.5 Å². The monoisotopic (exact) mass is 286 g/mol. The summed E-state index contributed by atoms with van der Waals surface area (Å²) >= 11 is 11.8. The van der Waals surface area contributed by atoms with E-state index in [-0.39, 0.29) is 5.78 Å². The maximum atomic E-state index is 12.2. The molecule has 1 aliphatic heterocycles. The first kappa shape index (κ1) is 13.9. The normalized spacial score (nSPS) is 23.9. The number of benzene rings is 1. The summed E-state index contributed by atoms with van der Waals surface area (Å²) in [5.74, 6) is 0.869. The van der Waals surface area contributed by atoms with Crippen LogP contribution in [-0.4, -0.2) is 25.4 Å². The molecule has 2 atom stereocenters. The van der Waals surface area contributed by atoms with Crippen LogP contribution >= 0.6 is 23.2 Å². The molecule has 1 fully saturated rings. The number of rotatable bonds is 3. The molecule has 0 amide bonds. The molecule has 1 aromatic rings. The zero-order valence-electron chi connectivity index (χ0n) is 10.5. The van der Waals surface area contributed by atoms with Gasteiger partial charge in [0, 0.05) is 11.5 Å². The van der Waals surface area contributed by atoms with Gasteiger partial charge < -0.3 is 4.90 Å². The molecule has 4 heteroatoms. The predicted molar refractivity (Wildman–Crippen MR) is 74.8 cm³/mol. The summed E-state index contributed by atoms with van der Waals surface area (Å²) in [5, 5.41) is 0.941. The molecule has 1 aliphatic rings. The van der Waals surface area contributed by atoms with Crippen LogP contribution in [0, 0.1) is 5.92 Å². The predicted octanol–water partition coefficient (Wildman–Crippen LogP) is 2.49. The Bertz CT molecular complexity index is 447. The van der Waals surface area contributed by atoms with Crippen LogP contribution in [0.15, 0.2) is 18.2 Å². The highest BCUT2D eigenvalue weighted by molar-refractivity contribution is 6.42. The molecule has 2 rings (SSSR count). The number of hydrogen-bond donors (Lipinski definition) is 1. The summed E-state index contributed by atoms with van der Waals surface area (Å²) in [5.41, 5.74) is 0.662. The lowest BCUT2D eigenvalue weighted by Crippen LogP contribution is -3.14. The van der Waals surface area contributed by atoms with Gasteiger partial charge in [0.2, 0.25) is 5.78 Å². The second kappa shape index (κ2) is 6.05. The van der Waals surface area contributed by atoms with Gasteiger partial charge in [0.15, 0.2) is 0 Å². The molecule has 1 aromatic carbocycles. The Kier molecular flexibility index (Phi) is 4.66. The third-order valence-corrected chi connectivity index (χ3v) is 4.26. The van der Waals surface area contributed by atoms with Crippen LogP contribution in [0.5, 0.6) is 0 Å². The maximum Gasteiger partial charge on any atom is 0.216 e. The second-order valence-corrected chi connectivity index (χ2v) is 5.99. The Labute approximate surface area is 118 Å². The van der Waals surface area contributed by atoms with E-state index in [9.17, 15) is 4.79 Å². The summed E-state index contributed by atoms with van der Waals surface area (Å²) in [6.45, 7) is 5.00. The summed E-state index contributed by atoms with van der Waals surface area (Å²) in [6, 6.07) is 5.10. The van der Waals surface area contributed by atoms with E-state index < -0.39 is 0 Å². The molecule has 0 aliphatic carbocycles. The van der Waals surface area contributed by atoms with Crippen LogP contribution in [0.2, 0.25) is 10.0 Å². The van der Waals surface area contributed by atoms with Crippen LogP contribution < -0.4 is 4.90 Å². The minimum atomic E-state index is 0.151. The minimum absolute atomic E-state index is 0.151. The van der Waals surface area contributed by atoms with Gasteiger partial charge in [0.05, 0.1) is 23.1 Å². The molecule has 1 unspecified atom stereocenters. The van der Waals surface area contributed by atoms with Gasteiger partial charge in [-0.25, -0.2) is 0 Å². The molecule has 0 bridgehead atoms. The smallest absolute Gasteiger partial charge is 0.216 e. The molecule has 0 saturated carbocycles. The van der Waals surface area contributed by atoms with Gasteiger partial charge in [0.25, 0.3) is 0 Å². The standard InChI is InChI=1S/C14H17Cl2NO/c1-10-3-2-6-17(8-10)9-14(18)11-4-5-12(15)13(16)7-11/h4-5,7,10H,2-3,6,8-9H2,1H3/p+1/t10-/m0/s1. The molecular weight excluding hydrogens is 269 g/mol. The van der Waals surface area contributed by atoms with Crippen molar-refractivity contribution in [3.05, 3.63) is 33.8 Å². The summed E-state index contributed by atoms with van der Waals surface area (Å²) in [7, 11) is 0. The molecule has 2 nitrogen and oxygen atoms in total. The van der Waals surface area contributed by atoms with Crippen molar-refractivity contribution >= 4 is 29.0 Å². The second-order valence-electron chi connectivity index (χ2n) is 5.18. The van der Waals surface area contributed by atoms with Gasteiger partial charge in [-0.3, -0.25) is 4.79 Å². The van der Waals surface area contributed by atoms with Gasteiger partial charge >= 0.3 is 0 Å². The average Bonchev–Trinajstić information content (AvgIpc) is 2.32. The number of carbonyl (C=O) groups is 1. The highest BCUT2D eigenvalue weighted by Gasteiger charge is 2.22. The van der Waals surface area contributed by atoms with Gasteiger partial charge in [-0.1, -0.05) is 30.1 Å². The van der Waals surface area contributed by atoms with E-state index in [0.29, 0.717) is 22.2 Å². The SMILES string of the molecule is C[C@H]1CCC[NH+](CC(=O)c2ccc(Cl)c(Cl)c2)C1. The van der Waals surface area contributed by atoms with Crippen molar-refractivity contribution < 1.29 is 9.69 Å². The Morgan fingerprint density at radius 3 is 2.83 bits per heavy atom. The Hall–Kier alpha value is -0.570. The van der Waals surface area contributed by atoms with Gasteiger partial charge in [0.1, 0.15) is 6.54 Å². The Balaban J connectivity index is 2.00. The van der Waals surface area contributed by atoms with E-state index in [1.54, 1.807) is 18.2 Å². The fourth-order valence-corrected chi connectivity index (χ4v) is 2.85. The molecule has 0 spiro atoms. The lowest BCUT2D eigenvalue weighted by molar-refractivity contribution is -0.900. The fourth-order valence-electron chi connectivity index (χ4n) is 2.56. The molecule has 0 radical (unpaired) electrons. The number of nitrogens with one attached hydrogen (secondary N) is 1. The highest BCUT2D eigenvalue weighted by atomic mass is 35.5. The van der Waals surface area contributed by atoms with Crippen LogP contribution in [0.3, 0.4) is 0 Å². The van der Waals surface area contributed by atoms with Crippen molar-refractivity contribution in [3.63, 3.8) is 0 Å². The van der Waals surface area contributed by atoms with E-state index in [2.05, 4.69) is 6.92 Å². The maximum absolute atomic E-state index is 12.2. The quantitative estimate of drug-likeness (QED) is 0.847. The molecule has 1 saturated heterocycles. The van der Waals surface area contributed by atoms with Gasteiger partial charge in [-0.05, 0) is 31.0 Å². The first-order valence-corrected chi connectivity index (χ1v) is 7.13. The lowest BCUT2D eigenvalue weighted by Gasteiger charge is -2.27. The highest BCUT2D eigenvalue weighted by Crippen LogP contribution is 2.22. The molecule has 1 N–H and O–H groups in total. The average molecular weight is 287 g/mol. The first-order valence-electron chi connectivity index (χ1n) is 6.38. The van der Waals surface area contributed by atoms with Crippen molar-refractivity contribution in [1.82, 2.24) is 0 Å². The molecule has 0 aromatic heterocycles. The number of likely N-dealkylation sites (tertiary alicyclic amines) is 1. The number of carbonyl (C=O) groups excluding carboxylic acids is 1. The molecule has 98 valence electrons. The number of halogens is 2. The Morgan fingerprint density at radius 1 is 1.39 bits per heavy atom. The zero-order valence-corrected chi connectivity index (χ0v) is 12.0. The van der Waals surface area contributed by atoms with Crippen LogP contribution in [-0.2, 0) is 0 Å². The summed E-state index contributed by atoms with van der Waals surface area (Å²) < 4.78 is 0. The number of Topliss-reactive ketones (excluding diaryl/α,β-unsaturated/α-hetero) is 1. The number of piperidine rings is 1. The number of ketones is 1. The van der Waals surface area contributed by atoms with Crippen molar-refractivity contribution in [1.29, 1.82) is 0 Å². The van der Waals surface area contributed by atoms with Crippen molar-refractivity contribution in [2.45, 2.75) is 19.8 Å². The Morgan fingerprint density at radius 2 is 2.17 bits per heavy atom. The van der Waals surface area contributed by atoms with E-state index >= 15 is 0 Å². The van der Waals surface area contributed by atoms with Crippen molar-refractivity contribution in [3.8, 4) is 0 Å². The minimum Gasteiger partial charge on any atom is -0.328 e. The van der Waals surface area contributed by atoms with Crippen molar-refractivity contribution in [2.24, 2.45) is 5.92 Å². The molecular formula is C14H18Cl2NO+. The fraction of sp³-hybridized carbons (Fsp3) is 0.500. The number of quaternary nitrogens is 1. The van der Waals surface area contributed by atoms with E-state index in [4.69, 9.17) is 23.2 Å². The zero-order chi connectivity index (χ0) is 13.1. The van der Waals surface area contributed by atoms with Gasteiger partial charge in [-0.2, -0.15) is 0 Å². The molecule has 1 heterocycles. The van der Waals surface area contributed by atoms with E-state index in [1.807, 2.05) is 0 Å². The summed E-state index contributed by atoms with van der Waals surface area (Å²) in [4.78, 5) is 13.5. The summed E-state index contributed by atoms with van der Waals surface area (Å²) in [6.07, 6.45) is 2.50. The number of hydrogen-bond acceptors (Lipinski definition) is 1. The lowest BCUT2D eigenvalue weighted by atomic mass is 9.99. The third kappa shape index (κ3) is 3.47. The van der Waals surface area contributed by atoms with E-state index in [1.165, 1.54) is 17.7 Å². The van der Waals surface area contributed by atoms with Gasteiger partial charge in [-0.15, -0.1) is 0 Å². The molecule has 18 heavy (non-hydrogen) atoms. The third-order valence-electron chi connectivity index (χ3n) is 3.52. The van der Waals surface area contributed by atoms with Crippen LogP contribution in [0.1, 0.15) is 30.1 Å². The largest absolute Gasteiger partial charge is 0.328 e.